The van der Waals surface area contributed by atoms with Crippen LogP contribution in [-0.4, -0.2) is 85.2 Å². The van der Waals surface area contributed by atoms with Crippen LogP contribution in [0.25, 0.3) is 0 Å². The van der Waals surface area contributed by atoms with Crippen molar-refractivity contribution in [2.75, 3.05) is 39.3 Å². The maximum Gasteiger partial charge on any atom is 0.309 e. The average Bonchev–Trinajstić information content (AvgIpc) is 3.63. The highest BCUT2D eigenvalue weighted by Gasteiger charge is 2.72. The number of carbonyl (C=O) groups excluding carboxylic acids is 3. The third-order valence-electron chi connectivity index (χ3n) is 20.4. The number of likely N-dealkylation sites (tertiary alicyclic amines) is 1. The predicted molar refractivity (Wildman–Crippen MR) is 245 cm³/mol. The van der Waals surface area contributed by atoms with Gasteiger partial charge in [-0.3, -0.25) is 19.2 Å². The highest BCUT2D eigenvalue weighted by atomic mass is 16.5. The number of hydrogen-bond donors (Lipinski definition) is 4. The lowest BCUT2D eigenvalue weighted by Crippen LogP contribution is -2.68. The number of nitrogens with zero attached hydrogens (tertiary/aromatic N) is 1. The van der Waals surface area contributed by atoms with Crippen LogP contribution in [0.3, 0.4) is 0 Å². The van der Waals surface area contributed by atoms with E-state index in [0.717, 1.165) is 123 Å². The summed E-state index contributed by atoms with van der Waals surface area (Å²) in [4.78, 5) is 55.6. The summed E-state index contributed by atoms with van der Waals surface area (Å²) < 4.78 is 6.20. The van der Waals surface area contributed by atoms with E-state index in [1.54, 1.807) is 13.8 Å². The Kier molecular flexibility index (Phi) is 13.1. The largest absolute Gasteiger partial charge is 0.481 e. The average molecular weight is 863 g/mol. The van der Waals surface area contributed by atoms with Crippen LogP contribution in [0.2, 0.25) is 0 Å². The minimum Gasteiger partial charge on any atom is -0.481 e. The minimum absolute atomic E-state index is 0.0193. The Morgan fingerprint density at radius 1 is 0.774 bits per heavy atom. The number of carbonyl (C=O) groups is 4. The Morgan fingerprint density at radius 3 is 2.00 bits per heavy atom. The molecule has 0 aromatic rings. The summed E-state index contributed by atoms with van der Waals surface area (Å²) in [6.45, 7) is 33.0. The molecular weight excluding hydrogens is 777 g/mol. The van der Waals surface area contributed by atoms with Crippen LogP contribution in [0.1, 0.15) is 166 Å². The molecule has 350 valence electrons. The molecule has 0 radical (unpaired) electrons. The highest BCUT2D eigenvalue weighted by Crippen LogP contribution is 2.77. The van der Waals surface area contributed by atoms with E-state index in [9.17, 15) is 19.5 Å². The number of amides is 2. The Morgan fingerprint density at radius 2 is 1.42 bits per heavy atom. The maximum atomic E-state index is 15.0. The molecule has 8 aliphatic rings. The fraction of sp³-hybridized carbons (Fsp3) is 0.885. The molecule has 0 aromatic heterocycles. The molecule has 8 rings (SSSR count). The summed E-state index contributed by atoms with van der Waals surface area (Å²) in [5.74, 6) is 1.12. The van der Waals surface area contributed by atoms with Gasteiger partial charge in [-0.2, -0.15) is 0 Å². The number of hydrogen-bond acceptors (Lipinski definition) is 7. The second kappa shape index (κ2) is 17.1. The Hall–Kier alpha value is -2.46. The molecule has 0 bridgehead atoms. The molecule has 4 N–H and O–H groups in total. The first kappa shape index (κ1) is 47.5. The van der Waals surface area contributed by atoms with Crippen molar-refractivity contribution in [3.05, 3.63) is 12.2 Å². The lowest BCUT2D eigenvalue weighted by Gasteiger charge is -2.73. The van der Waals surface area contributed by atoms with Crippen LogP contribution < -0.4 is 16.0 Å². The summed E-state index contributed by atoms with van der Waals surface area (Å²) in [6.07, 6.45) is 14.0. The number of piperidine rings is 1. The lowest BCUT2D eigenvalue weighted by atomic mass is 9.32. The molecule has 6 saturated carbocycles. The second-order valence-corrected chi connectivity index (χ2v) is 24.6. The summed E-state index contributed by atoms with van der Waals surface area (Å²) in [7, 11) is 0. The van der Waals surface area contributed by atoms with E-state index in [0.29, 0.717) is 29.6 Å². The van der Waals surface area contributed by atoms with Crippen molar-refractivity contribution in [3.8, 4) is 0 Å². The minimum atomic E-state index is -1.16. The molecule has 10 nitrogen and oxygen atoms in total. The van der Waals surface area contributed by atoms with Crippen molar-refractivity contribution in [1.29, 1.82) is 0 Å². The van der Waals surface area contributed by atoms with Crippen LogP contribution >= 0.6 is 0 Å². The van der Waals surface area contributed by atoms with E-state index in [1.807, 2.05) is 0 Å². The molecule has 4 unspecified atom stereocenters. The third kappa shape index (κ3) is 7.80. The molecule has 8 fully saturated rings. The fourth-order valence-corrected chi connectivity index (χ4v) is 16.2. The fourth-order valence-electron chi connectivity index (χ4n) is 16.2. The first-order valence-corrected chi connectivity index (χ1v) is 25.1. The number of allylic oxidation sites excluding steroid dienone is 1. The van der Waals surface area contributed by atoms with Crippen molar-refractivity contribution in [1.82, 2.24) is 20.9 Å². The van der Waals surface area contributed by atoms with Crippen molar-refractivity contribution in [2.45, 2.75) is 178 Å². The summed E-state index contributed by atoms with van der Waals surface area (Å²) in [5, 5.41) is 19.7. The van der Waals surface area contributed by atoms with E-state index >= 15 is 4.79 Å². The van der Waals surface area contributed by atoms with Gasteiger partial charge in [0.2, 0.25) is 11.8 Å². The van der Waals surface area contributed by atoms with Crippen LogP contribution in [0.5, 0.6) is 0 Å². The molecule has 0 aromatic carbocycles. The molecule has 12 atom stereocenters. The van der Waals surface area contributed by atoms with Gasteiger partial charge in [-0.25, -0.2) is 0 Å². The monoisotopic (exact) mass is 863 g/mol. The van der Waals surface area contributed by atoms with Gasteiger partial charge >= 0.3 is 11.9 Å². The Balaban J connectivity index is 0.000000887. The highest BCUT2D eigenvalue weighted by molar-refractivity contribution is 5.86. The Labute approximate surface area is 375 Å². The normalized spacial score (nSPS) is 41.9. The SMILES string of the molecule is C1CNCCN1.C=C(C)[C@@H]1CC[C@]2(C(=O)N[C@@H]3C[C@H](C(=O)N4CCCCC4)C3(C)C)CC[C@]3(C)C(CCC4[C@@]5(C)CC[C@H](OC(=O)CC(C)(C)C(=O)O)C(C)(C)C5CC[C@]43C)C12. The molecule has 10 heteroatoms. The summed E-state index contributed by atoms with van der Waals surface area (Å²) in [6, 6.07) is 0.0193. The standard InChI is InChI=1S/C48H76N2O6.C4H10N2/c1-29(2)30-17-22-48(40(53)49-35-27-32(43(35,5)6)39(52)50-25-13-12-14-26-50)24-23-46(10)31(38(30)48)15-16-34-45(9)20-19-36(56-37(51)28-42(3,4)41(54)55)44(7,8)33(45)18-21-47(34,46)11;1-2-6-4-3-5-1/h30-36,38H,1,12-28H2,2-11H3,(H,49,53)(H,54,55);5-6H,1-4H2/t30-,31?,32+,33?,34?,35+,36-,38?,45-,46+,47+,48-;/m0./s1. The molecule has 2 aliphatic heterocycles. The van der Waals surface area contributed by atoms with Gasteiger partial charge in [-0.05, 0) is 162 Å². The summed E-state index contributed by atoms with van der Waals surface area (Å²) >= 11 is 0. The van der Waals surface area contributed by atoms with Crippen LogP contribution in [-0.2, 0) is 23.9 Å². The van der Waals surface area contributed by atoms with Crippen molar-refractivity contribution >= 4 is 23.8 Å². The van der Waals surface area contributed by atoms with Crippen LogP contribution in [0.15, 0.2) is 12.2 Å². The first-order valence-electron chi connectivity index (χ1n) is 25.1. The zero-order chi connectivity index (χ0) is 45.3. The van der Waals surface area contributed by atoms with Crippen LogP contribution in [0, 0.1) is 73.4 Å². The molecule has 2 amide bonds. The molecule has 62 heavy (non-hydrogen) atoms. The van der Waals surface area contributed by atoms with Gasteiger partial charge in [0.15, 0.2) is 0 Å². The topological polar surface area (TPSA) is 137 Å². The summed E-state index contributed by atoms with van der Waals surface area (Å²) in [5.41, 5.74) is -0.492. The number of aliphatic carboxylic acids is 1. The Bertz CT molecular complexity index is 1720. The third-order valence-corrected chi connectivity index (χ3v) is 20.4. The molecule has 0 spiro atoms. The van der Waals surface area contributed by atoms with Gasteiger partial charge < -0.3 is 30.7 Å². The van der Waals surface area contributed by atoms with Gasteiger partial charge in [-0.15, -0.1) is 0 Å². The smallest absolute Gasteiger partial charge is 0.309 e. The van der Waals surface area contributed by atoms with Gasteiger partial charge in [0.25, 0.3) is 0 Å². The van der Waals surface area contributed by atoms with Crippen molar-refractivity contribution in [2.24, 2.45) is 73.4 Å². The molecular formula is C52H86N4O6. The number of carboxylic acid groups (broad SMARTS) is 1. The zero-order valence-corrected chi connectivity index (χ0v) is 40.6. The number of piperazine rings is 1. The number of ether oxygens (including phenoxy) is 1. The van der Waals surface area contributed by atoms with Gasteiger partial charge in [0.1, 0.15) is 6.10 Å². The van der Waals surface area contributed by atoms with Gasteiger partial charge in [0.05, 0.1) is 17.3 Å². The van der Waals surface area contributed by atoms with E-state index in [1.165, 1.54) is 12.0 Å². The quantitative estimate of drug-likeness (QED) is 0.141. The number of esters is 1. The number of fused-ring (bicyclic) bond motifs is 7. The number of carboxylic acids is 1. The van der Waals surface area contributed by atoms with E-state index in [2.05, 4.69) is 82.8 Å². The molecule has 2 saturated heterocycles. The van der Waals surface area contributed by atoms with Gasteiger partial charge in [-0.1, -0.05) is 60.6 Å². The van der Waals surface area contributed by atoms with Crippen molar-refractivity contribution < 1.29 is 29.0 Å². The van der Waals surface area contributed by atoms with Crippen LogP contribution in [0.4, 0.5) is 0 Å². The lowest BCUT2D eigenvalue weighted by molar-refractivity contribution is -0.249. The second-order valence-electron chi connectivity index (χ2n) is 24.6. The van der Waals surface area contributed by atoms with E-state index in [-0.39, 0.29) is 63.4 Å². The number of nitrogens with one attached hydrogen (secondary N) is 3. The zero-order valence-electron chi connectivity index (χ0n) is 40.6. The van der Waals surface area contributed by atoms with E-state index < -0.39 is 22.8 Å². The molecule has 2 heterocycles. The van der Waals surface area contributed by atoms with Gasteiger partial charge in [0, 0.05) is 56.6 Å². The predicted octanol–water partition coefficient (Wildman–Crippen LogP) is 8.78. The van der Waals surface area contributed by atoms with Crippen molar-refractivity contribution in [3.63, 3.8) is 0 Å². The maximum absolute atomic E-state index is 15.0. The first-order chi connectivity index (χ1) is 29.0. The van der Waals surface area contributed by atoms with E-state index in [4.69, 9.17) is 4.74 Å². The number of rotatable bonds is 8. The molecule has 6 aliphatic carbocycles.